The van der Waals surface area contributed by atoms with Crippen LogP contribution in [0.2, 0.25) is 5.02 Å². The van der Waals surface area contributed by atoms with E-state index < -0.39 is 5.60 Å². The predicted molar refractivity (Wildman–Crippen MR) is 81.4 cm³/mol. The van der Waals surface area contributed by atoms with Gasteiger partial charge >= 0.3 is 0 Å². The molecule has 1 aliphatic carbocycles. The molecule has 0 aromatic heterocycles. The van der Waals surface area contributed by atoms with E-state index in [1.807, 2.05) is 0 Å². The molecule has 0 amide bonds. The van der Waals surface area contributed by atoms with E-state index in [0.29, 0.717) is 28.8 Å². The van der Waals surface area contributed by atoms with E-state index >= 15 is 0 Å². The third-order valence-electron chi connectivity index (χ3n) is 4.71. The van der Waals surface area contributed by atoms with Gasteiger partial charge in [0.15, 0.2) is 0 Å². The van der Waals surface area contributed by atoms with Crippen LogP contribution in [0.3, 0.4) is 0 Å². The van der Waals surface area contributed by atoms with Gasteiger partial charge in [-0.25, -0.2) is 4.39 Å². The molecule has 1 aliphatic rings. The highest BCUT2D eigenvalue weighted by molar-refractivity contribution is 6.31. The Hall–Kier alpha value is -0.600. The van der Waals surface area contributed by atoms with Crippen molar-refractivity contribution in [3.8, 4) is 0 Å². The first kappa shape index (κ1) is 15.8. The Balaban J connectivity index is 2.31. The molecule has 1 N–H and O–H groups in total. The second-order valence-electron chi connectivity index (χ2n) is 6.72. The molecule has 112 valence electrons. The molecule has 0 spiro atoms. The highest BCUT2D eigenvalue weighted by atomic mass is 35.5. The number of hydrogen-bond donors (Lipinski definition) is 1. The van der Waals surface area contributed by atoms with Gasteiger partial charge < -0.3 is 5.11 Å². The molecular weight excluding hydrogens is 275 g/mol. The minimum atomic E-state index is -0.850. The molecule has 2 rings (SSSR count). The van der Waals surface area contributed by atoms with Crippen molar-refractivity contribution in [3.05, 3.63) is 34.6 Å². The molecular formula is C17H24ClFO. The first-order chi connectivity index (χ1) is 9.33. The van der Waals surface area contributed by atoms with Gasteiger partial charge in [0.1, 0.15) is 5.82 Å². The summed E-state index contributed by atoms with van der Waals surface area (Å²) in [6.07, 6.45) is 3.17. The lowest BCUT2D eigenvalue weighted by Gasteiger charge is -2.45. The lowest BCUT2D eigenvalue weighted by molar-refractivity contribution is -0.0799. The van der Waals surface area contributed by atoms with E-state index in [1.165, 1.54) is 6.07 Å². The standard InChI is InChI=1S/C17H24ClFO/c1-11(2)14-8-7-12(3)9-17(14,20)10-13-15(18)5-4-6-16(13)19/h4-6,11-12,14,20H,7-10H2,1-3H3. The predicted octanol–water partition coefficient (Wildman–Crippen LogP) is 4.84. The molecule has 0 radical (unpaired) electrons. The maximum absolute atomic E-state index is 14.0. The lowest BCUT2D eigenvalue weighted by atomic mass is 9.65. The average Bonchev–Trinajstić information content (AvgIpc) is 2.33. The molecule has 3 unspecified atom stereocenters. The maximum atomic E-state index is 14.0. The van der Waals surface area contributed by atoms with Gasteiger partial charge in [0.2, 0.25) is 0 Å². The highest BCUT2D eigenvalue weighted by Gasteiger charge is 2.43. The summed E-state index contributed by atoms with van der Waals surface area (Å²) in [5.74, 6) is 0.750. The van der Waals surface area contributed by atoms with Gasteiger partial charge in [0.25, 0.3) is 0 Å². The molecule has 1 nitrogen and oxygen atoms in total. The Morgan fingerprint density at radius 2 is 2.10 bits per heavy atom. The van der Waals surface area contributed by atoms with E-state index in [2.05, 4.69) is 20.8 Å². The first-order valence-electron chi connectivity index (χ1n) is 7.49. The van der Waals surface area contributed by atoms with E-state index in [0.717, 1.165) is 19.3 Å². The summed E-state index contributed by atoms with van der Waals surface area (Å²) in [6.45, 7) is 6.42. The van der Waals surface area contributed by atoms with Crippen LogP contribution in [-0.2, 0) is 6.42 Å². The van der Waals surface area contributed by atoms with Crippen molar-refractivity contribution < 1.29 is 9.50 Å². The van der Waals surface area contributed by atoms with Crippen molar-refractivity contribution in [2.24, 2.45) is 17.8 Å². The number of halogens is 2. The van der Waals surface area contributed by atoms with Crippen molar-refractivity contribution in [3.63, 3.8) is 0 Å². The van der Waals surface area contributed by atoms with E-state index in [1.54, 1.807) is 12.1 Å². The molecule has 0 aliphatic heterocycles. The average molecular weight is 299 g/mol. The van der Waals surface area contributed by atoms with Gasteiger partial charge in [-0.3, -0.25) is 0 Å². The van der Waals surface area contributed by atoms with Crippen molar-refractivity contribution in [2.75, 3.05) is 0 Å². The molecule has 0 saturated heterocycles. The fourth-order valence-electron chi connectivity index (χ4n) is 3.75. The first-order valence-corrected chi connectivity index (χ1v) is 7.86. The van der Waals surface area contributed by atoms with Gasteiger partial charge in [-0.15, -0.1) is 0 Å². The Labute approximate surface area is 126 Å². The van der Waals surface area contributed by atoms with Crippen LogP contribution in [0.1, 0.15) is 45.6 Å². The van der Waals surface area contributed by atoms with Gasteiger partial charge in [0.05, 0.1) is 5.60 Å². The highest BCUT2D eigenvalue weighted by Crippen LogP contribution is 2.43. The van der Waals surface area contributed by atoms with Crippen LogP contribution < -0.4 is 0 Å². The Bertz CT molecular complexity index is 454. The van der Waals surface area contributed by atoms with E-state index in [9.17, 15) is 9.50 Å². The summed E-state index contributed by atoms with van der Waals surface area (Å²) in [5, 5.41) is 11.6. The van der Waals surface area contributed by atoms with Crippen molar-refractivity contribution in [1.82, 2.24) is 0 Å². The Morgan fingerprint density at radius 3 is 2.70 bits per heavy atom. The normalized spacial score (nSPS) is 30.8. The van der Waals surface area contributed by atoms with Crippen LogP contribution in [-0.4, -0.2) is 10.7 Å². The monoisotopic (exact) mass is 298 g/mol. The molecule has 1 aromatic carbocycles. The van der Waals surface area contributed by atoms with Gasteiger partial charge in [-0.1, -0.05) is 44.9 Å². The molecule has 1 aromatic rings. The van der Waals surface area contributed by atoms with Crippen LogP contribution in [0.5, 0.6) is 0 Å². The second-order valence-corrected chi connectivity index (χ2v) is 7.12. The van der Waals surface area contributed by atoms with Crippen molar-refractivity contribution >= 4 is 11.6 Å². The quantitative estimate of drug-likeness (QED) is 0.846. The van der Waals surface area contributed by atoms with Crippen molar-refractivity contribution in [1.29, 1.82) is 0 Å². The zero-order valence-corrected chi connectivity index (χ0v) is 13.3. The third kappa shape index (κ3) is 3.17. The lowest BCUT2D eigenvalue weighted by Crippen LogP contribution is -2.47. The zero-order valence-electron chi connectivity index (χ0n) is 12.5. The number of benzene rings is 1. The van der Waals surface area contributed by atoms with Gasteiger partial charge in [0, 0.05) is 17.0 Å². The fourth-order valence-corrected chi connectivity index (χ4v) is 3.98. The number of hydrogen-bond acceptors (Lipinski definition) is 1. The van der Waals surface area contributed by atoms with Crippen LogP contribution in [0.15, 0.2) is 18.2 Å². The second kappa shape index (κ2) is 6.03. The van der Waals surface area contributed by atoms with Crippen LogP contribution >= 0.6 is 11.6 Å². The summed E-state index contributed by atoms with van der Waals surface area (Å²) < 4.78 is 14.0. The largest absolute Gasteiger partial charge is 0.389 e. The van der Waals surface area contributed by atoms with E-state index in [-0.39, 0.29) is 11.7 Å². The number of aliphatic hydroxyl groups is 1. The molecule has 1 fully saturated rings. The minimum Gasteiger partial charge on any atom is -0.389 e. The Morgan fingerprint density at radius 1 is 1.40 bits per heavy atom. The smallest absolute Gasteiger partial charge is 0.127 e. The number of rotatable bonds is 3. The van der Waals surface area contributed by atoms with Crippen molar-refractivity contribution in [2.45, 2.75) is 52.1 Å². The molecule has 0 bridgehead atoms. The third-order valence-corrected chi connectivity index (χ3v) is 5.07. The van der Waals surface area contributed by atoms with Crippen LogP contribution in [0.4, 0.5) is 4.39 Å². The van der Waals surface area contributed by atoms with Crippen LogP contribution in [0, 0.1) is 23.6 Å². The molecule has 3 atom stereocenters. The summed E-state index contributed by atoms with van der Waals surface area (Å²) in [7, 11) is 0. The summed E-state index contributed by atoms with van der Waals surface area (Å²) in [5.41, 5.74) is -0.395. The summed E-state index contributed by atoms with van der Waals surface area (Å²) >= 11 is 6.12. The zero-order chi connectivity index (χ0) is 14.9. The minimum absolute atomic E-state index is 0.203. The van der Waals surface area contributed by atoms with E-state index in [4.69, 9.17) is 11.6 Å². The molecule has 1 saturated carbocycles. The van der Waals surface area contributed by atoms with Gasteiger partial charge in [-0.2, -0.15) is 0 Å². The maximum Gasteiger partial charge on any atom is 0.127 e. The molecule has 3 heteroatoms. The molecule has 0 heterocycles. The van der Waals surface area contributed by atoms with Crippen LogP contribution in [0.25, 0.3) is 0 Å². The fraction of sp³-hybridized carbons (Fsp3) is 0.647. The Kier molecular flexibility index (Phi) is 4.76. The topological polar surface area (TPSA) is 20.2 Å². The summed E-state index contributed by atoms with van der Waals surface area (Å²) in [6, 6.07) is 4.72. The summed E-state index contributed by atoms with van der Waals surface area (Å²) in [4.78, 5) is 0. The SMILES string of the molecule is CC1CCC(C(C)C)C(O)(Cc2c(F)cccc2Cl)C1. The van der Waals surface area contributed by atoms with Gasteiger partial charge in [-0.05, 0) is 42.7 Å². The molecule has 20 heavy (non-hydrogen) atoms.